The van der Waals surface area contributed by atoms with E-state index in [1.807, 2.05) is 12.1 Å². The van der Waals surface area contributed by atoms with Gasteiger partial charge in [-0.3, -0.25) is 4.98 Å². The third-order valence-corrected chi connectivity index (χ3v) is 8.07. The summed E-state index contributed by atoms with van der Waals surface area (Å²) in [6.07, 6.45) is 3.33. The van der Waals surface area contributed by atoms with Crippen LogP contribution in [0.3, 0.4) is 0 Å². The number of rotatable bonds is 3. The molecule has 160 valence electrons. The monoisotopic (exact) mass is 448 g/mol. The van der Waals surface area contributed by atoms with Gasteiger partial charge >= 0.3 is 0 Å². The molecule has 1 aliphatic carbocycles. The Labute approximate surface area is 194 Å². The maximum Gasteiger partial charge on any atom is 0.120 e. The molecular formula is C26H28N2OS2. The fourth-order valence-corrected chi connectivity index (χ4v) is 6.13. The van der Waals surface area contributed by atoms with Gasteiger partial charge in [-0.15, -0.1) is 11.3 Å². The van der Waals surface area contributed by atoms with E-state index in [9.17, 15) is 0 Å². The number of methoxy groups -OCH3 is 1. The second-order valence-corrected chi connectivity index (χ2v) is 10.9. The quantitative estimate of drug-likeness (QED) is 0.418. The highest BCUT2D eigenvalue weighted by atomic mass is 32.1. The number of thiocarbonyl (C=S) groups is 1. The summed E-state index contributed by atoms with van der Waals surface area (Å²) in [5.41, 5.74) is 7.65. The van der Waals surface area contributed by atoms with Crippen LogP contribution in [0.4, 0.5) is 5.69 Å². The summed E-state index contributed by atoms with van der Waals surface area (Å²) in [5.74, 6) is 1.50. The minimum atomic E-state index is 0.288. The van der Waals surface area contributed by atoms with Gasteiger partial charge in [-0.05, 0) is 59.7 Å². The number of fused-ring (bicyclic) bond motifs is 2. The van der Waals surface area contributed by atoms with Crippen LogP contribution >= 0.6 is 23.6 Å². The third kappa shape index (κ3) is 3.58. The molecule has 3 aromatic rings. The van der Waals surface area contributed by atoms with Gasteiger partial charge in [0.2, 0.25) is 0 Å². The maximum absolute atomic E-state index is 6.08. The molecule has 5 rings (SSSR count). The van der Waals surface area contributed by atoms with Crippen molar-refractivity contribution in [2.24, 2.45) is 11.3 Å². The molecule has 3 nitrogen and oxygen atoms in total. The minimum absolute atomic E-state index is 0.288. The molecule has 5 heteroatoms. The molecule has 1 aromatic carbocycles. The summed E-state index contributed by atoms with van der Waals surface area (Å²) in [7, 11) is 1.70. The molecule has 0 fully saturated rings. The molecule has 0 saturated carbocycles. The van der Waals surface area contributed by atoms with Gasteiger partial charge in [0.1, 0.15) is 10.7 Å². The average Bonchev–Trinajstić information content (AvgIpc) is 3.40. The maximum atomic E-state index is 6.08. The summed E-state index contributed by atoms with van der Waals surface area (Å²) in [5, 5.41) is 2.16. The molecule has 1 aliphatic heterocycles. The van der Waals surface area contributed by atoms with Crippen LogP contribution in [-0.2, 0) is 19.4 Å². The smallest absolute Gasteiger partial charge is 0.120 e. The number of hydrogen-bond donors (Lipinski definition) is 0. The summed E-state index contributed by atoms with van der Waals surface area (Å²) < 4.78 is 5.45. The van der Waals surface area contributed by atoms with Gasteiger partial charge in [0.15, 0.2) is 0 Å². The van der Waals surface area contributed by atoms with Gasteiger partial charge in [-0.2, -0.15) is 0 Å². The summed E-state index contributed by atoms with van der Waals surface area (Å²) >= 11 is 7.88. The predicted octanol–water partition coefficient (Wildman–Crippen LogP) is 6.67. The number of anilines is 1. The van der Waals surface area contributed by atoms with E-state index < -0.39 is 0 Å². The molecule has 1 unspecified atom stereocenters. The number of hydrogen-bond acceptors (Lipinski definition) is 4. The number of nitrogens with zero attached hydrogens (tertiary/aromatic N) is 2. The van der Waals surface area contributed by atoms with Crippen LogP contribution < -0.4 is 9.64 Å². The average molecular weight is 449 g/mol. The number of ether oxygens (including phenoxy) is 1. The van der Waals surface area contributed by atoms with Gasteiger partial charge in [-0.1, -0.05) is 45.1 Å². The van der Waals surface area contributed by atoms with E-state index in [0.29, 0.717) is 5.92 Å². The van der Waals surface area contributed by atoms with Crippen molar-refractivity contribution in [3.63, 3.8) is 0 Å². The third-order valence-electron chi connectivity index (χ3n) is 6.76. The summed E-state index contributed by atoms with van der Waals surface area (Å²) in [4.78, 5) is 9.58. The SMILES string of the molecule is COc1cccc(N2Cc3nc4c(c(-c5cccs5)c3C2=S)CC(C(C)(C)C)CC4)c1. The lowest BCUT2D eigenvalue weighted by atomic mass is 9.70. The second kappa shape index (κ2) is 7.72. The van der Waals surface area contributed by atoms with Crippen LogP contribution in [0.25, 0.3) is 10.4 Å². The lowest BCUT2D eigenvalue weighted by Gasteiger charge is -2.35. The first-order chi connectivity index (χ1) is 14.9. The second-order valence-electron chi connectivity index (χ2n) is 9.61. The van der Waals surface area contributed by atoms with Gasteiger partial charge in [0.25, 0.3) is 0 Å². The van der Waals surface area contributed by atoms with E-state index >= 15 is 0 Å². The van der Waals surface area contributed by atoms with Crippen molar-refractivity contribution in [1.29, 1.82) is 0 Å². The van der Waals surface area contributed by atoms with Crippen molar-refractivity contribution in [2.45, 2.75) is 46.6 Å². The van der Waals surface area contributed by atoms with E-state index in [0.717, 1.165) is 47.1 Å². The van der Waals surface area contributed by atoms with Crippen LogP contribution in [0.2, 0.25) is 0 Å². The zero-order valence-electron chi connectivity index (χ0n) is 18.6. The molecule has 3 heterocycles. The molecule has 31 heavy (non-hydrogen) atoms. The number of aromatic nitrogens is 1. The van der Waals surface area contributed by atoms with E-state index in [1.165, 1.54) is 28.1 Å². The largest absolute Gasteiger partial charge is 0.497 e. The Kier molecular flexibility index (Phi) is 5.14. The molecule has 0 N–H and O–H groups in total. The predicted molar refractivity (Wildman–Crippen MR) is 133 cm³/mol. The highest BCUT2D eigenvalue weighted by molar-refractivity contribution is 7.81. The van der Waals surface area contributed by atoms with Gasteiger partial charge in [0, 0.05) is 33.5 Å². The Morgan fingerprint density at radius 1 is 1.13 bits per heavy atom. The molecule has 2 aromatic heterocycles. The van der Waals surface area contributed by atoms with Crippen molar-refractivity contribution in [1.82, 2.24) is 4.98 Å². The first-order valence-corrected chi connectivity index (χ1v) is 12.2. The lowest BCUT2D eigenvalue weighted by Crippen LogP contribution is -2.28. The first kappa shape index (κ1) is 20.7. The zero-order chi connectivity index (χ0) is 21.8. The number of pyridine rings is 1. The van der Waals surface area contributed by atoms with Gasteiger partial charge < -0.3 is 9.64 Å². The lowest BCUT2D eigenvalue weighted by molar-refractivity contribution is 0.215. The standard InChI is InChI=1S/C26H28N2OS2/c1-26(2,3)16-10-11-20-19(13-16)23(22-9-6-12-31-22)24-21(27-20)15-28(25(24)30)17-7-5-8-18(14-17)29-4/h5-9,12,14,16H,10-11,13,15H2,1-4H3. The highest BCUT2D eigenvalue weighted by Gasteiger charge is 2.37. The fraction of sp³-hybridized carbons (Fsp3) is 0.385. The van der Waals surface area contributed by atoms with Crippen LogP contribution in [0.1, 0.15) is 49.7 Å². The zero-order valence-corrected chi connectivity index (χ0v) is 20.2. The highest BCUT2D eigenvalue weighted by Crippen LogP contribution is 2.45. The van der Waals surface area contributed by atoms with Crippen molar-refractivity contribution in [3.8, 4) is 16.2 Å². The van der Waals surface area contributed by atoms with Crippen molar-refractivity contribution >= 4 is 34.2 Å². The molecule has 0 amide bonds. The molecule has 0 bridgehead atoms. The molecule has 1 atom stereocenters. The van der Waals surface area contributed by atoms with Crippen molar-refractivity contribution < 1.29 is 4.74 Å². The number of aryl methyl sites for hydroxylation is 1. The van der Waals surface area contributed by atoms with Crippen LogP contribution in [0.5, 0.6) is 5.75 Å². The summed E-state index contributed by atoms with van der Waals surface area (Å²) in [6.45, 7) is 7.81. The van der Waals surface area contributed by atoms with E-state index in [-0.39, 0.29) is 5.41 Å². The van der Waals surface area contributed by atoms with Crippen LogP contribution in [-0.4, -0.2) is 17.1 Å². The van der Waals surface area contributed by atoms with Crippen molar-refractivity contribution in [2.75, 3.05) is 12.0 Å². The molecule has 0 radical (unpaired) electrons. The molecular weight excluding hydrogens is 420 g/mol. The molecule has 0 spiro atoms. The minimum Gasteiger partial charge on any atom is -0.497 e. The normalized spacial score (nSPS) is 18.1. The molecule has 2 aliphatic rings. The number of benzene rings is 1. The van der Waals surface area contributed by atoms with E-state index in [2.05, 4.69) is 55.3 Å². The Balaban J connectivity index is 1.65. The van der Waals surface area contributed by atoms with E-state index in [1.54, 1.807) is 18.4 Å². The topological polar surface area (TPSA) is 25.4 Å². The Bertz CT molecular complexity index is 1140. The molecule has 0 saturated heterocycles. The first-order valence-electron chi connectivity index (χ1n) is 10.9. The summed E-state index contributed by atoms with van der Waals surface area (Å²) in [6, 6.07) is 12.5. The van der Waals surface area contributed by atoms with Crippen molar-refractivity contribution in [3.05, 3.63) is 64.3 Å². The Morgan fingerprint density at radius 2 is 1.97 bits per heavy atom. The fourth-order valence-electron chi connectivity index (χ4n) is 4.93. The van der Waals surface area contributed by atoms with Crippen LogP contribution in [0.15, 0.2) is 41.8 Å². The van der Waals surface area contributed by atoms with E-state index in [4.69, 9.17) is 21.9 Å². The van der Waals surface area contributed by atoms with Crippen LogP contribution in [0, 0.1) is 11.3 Å². The van der Waals surface area contributed by atoms with Gasteiger partial charge in [-0.25, -0.2) is 0 Å². The van der Waals surface area contributed by atoms with Gasteiger partial charge in [0.05, 0.1) is 19.3 Å². The Hall–Kier alpha value is -2.24. The number of thiophene rings is 1. The Morgan fingerprint density at radius 3 is 2.68 bits per heavy atom.